The molecule has 0 unspecified atom stereocenters. The van der Waals surface area contributed by atoms with Gasteiger partial charge in [-0.1, -0.05) is 18.2 Å². The maximum absolute atomic E-state index is 13.9. The number of rotatable bonds is 5. The number of hydrogen-bond acceptors (Lipinski definition) is 4. The Morgan fingerprint density at radius 1 is 1.13 bits per heavy atom. The molecule has 5 rings (SSSR count). The molecule has 0 radical (unpaired) electrons. The summed E-state index contributed by atoms with van der Waals surface area (Å²) < 4.78 is 34.7. The number of halogens is 2. The normalized spacial score (nSPS) is 13.6. The van der Waals surface area contributed by atoms with Crippen LogP contribution in [0.3, 0.4) is 0 Å². The molecule has 4 aromatic rings. The van der Waals surface area contributed by atoms with E-state index in [9.17, 15) is 18.4 Å². The van der Waals surface area contributed by atoms with E-state index in [1.807, 2.05) is 12.1 Å². The van der Waals surface area contributed by atoms with E-state index in [4.69, 9.17) is 4.42 Å². The first kappa shape index (κ1) is 19.4. The van der Waals surface area contributed by atoms with Crippen LogP contribution >= 0.6 is 0 Å². The van der Waals surface area contributed by atoms with E-state index in [-0.39, 0.29) is 6.42 Å². The van der Waals surface area contributed by atoms with Crippen LogP contribution in [0.2, 0.25) is 0 Å². The molecule has 156 valence electrons. The number of Topliss-reactive ketones (excluding diaryl/α,β-unsaturated/α-hetero) is 1. The number of aryl methyl sites for hydroxylation is 1. The van der Waals surface area contributed by atoms with Crippen LogP contribution < -0.4 is 5.76 Å². The van der Waals surface area contributed by atoms with E-state index in [0.717, 1.165) is 41.6 Å². The number of benzene rings is 2. The second-order valence-corrected chi connectivity index (χ2v) is 7.82. The van der Waals surface area contributed by atoms with E-state index < -0.39 is 28.7 Å². The summed E-state index contributed by atoms with van der Waals surface area (Å²) in [7, 11) is 1.67. The highest BCUT2D eigenvalue weighted by Gasteiger charge is 2.31. The van der Waals surface area contributed by atoms with E-state index in [1.165, 1.54) is 16.8 Å². The van der Waals surface area contributed by atoms with Crippen LogP contribution in [-0.4, -0.2) is 15.3 Å². The number of carbonyl (C=O) groups is 1. The van der Waals surface area contributed by atoms with Crippen LogP contribution in [0.4, 0.5) is 8.78 Å². The van der Waals surface area contributed by atoms with Crippen molar-refractivity contribution in [1.29, 1.82) is 0 Å². The second kappa shape index (κ2) is 7.27. The second-order valence-electron chi connectivity index (χ2n) is 7.82. The maximum atomic E-state index is 13.9. The Kier molecular flexibility index (Phi) is 4.54. The van der Waals surface area contributed by atoms with Crippen molar-refractivity contribution < 1.29 is 18.0 Å². The summed E-state index contributed by atoms with van der Waals surface area (Å²) in [6, 6.07) is 10.6. The van der Waals surface area contributed by atoms with Crippen molar-refractivity contribution in [3.05, 3.63) is 87.5 Å². The lowest BCUT2D eigenvalue weighted by molar-refractivity contribution is 0.0985. The smallest absolute Gasteiger partial charge is 0.407 e. The third-order valence-electron chi connectivity index (χ3n) is 5.69. The molecular weight excluding hydrogens is 402 g/mol. The van der Waals surface area contributed by atoms with Gasteiger partial charge in [-0.25, -0.2) is 13.6 Å². The summed E-state index contributed by atoms with van der Waals surface area (Å²) >= 11 is 0. The van der Waals surface area contributed by atoms with Crippen molar-refractivity contribution in [2.75, 3.05) is 0 Å². The molecule has 0 N–H and O–H groups in total. The number of oxazole rings is 1. The third kappa shape index (κ3) is 3.36. The zero-order valence-corrected chi connectivity index (χ0v) is 16.7. The van der Waals surface area contributed by atoms with E-state index in [1.54, 1.807) is 19.2 Å². The predicted octanol–water partition coefficient (Wildman–Crippen LogP) is 4.77. The molecule has 1 aliphatic carbocycles. The van der Waals surface area contributed by atoms with Gasteiger partial charge in [-0.05, 0) is 48.6 Å². The van der Waals surface area contributed by atoms with Crippen molar-refractivity contribution in [3.63, 3.8) is 0 Å². The fourth-order valence-electron chi connectivity index (χ4n) is 3.94. The number of fused-ring (bicyclic) bond motifs is 1. The summed E-state index contributed by atoms with van der Waals surface area (Å²) in [6.45, 7) is 0. The average Bonchev–Trinajstić information content (AvgIpc) is 3.54. The molecular formula is C24H18F2N2O3. The first-order valence-corrected chi connectivity index (χ1v) is 9.99. The molecule has 0 spiro atoms. The first-order chi connectivity index (χ1) is 14.9. The Balaban J connectivity index is 1.48. The zero-order chi connectivity index (χ0) is 21.7. The fourth-order valence-corrected chi connectivity index (χ4v) is 3.94. The fraction of sp³-hybridized carbons (Fsp3) is 0.208. The van der Waals surface area contributed by atoms with Gasteiger partial charge in [0.15, 0.2) is 11.4 Å². The SMILES string of the molecule is Cn1c(=O)oc2c(C3CC3)c(-c3ccc(CC(=O)c4c(F)cccc4F)cn3)ccc21. The molecule has 0 amide bonds. The molecule has 0 aliphatic heterocycles. The number of nitrogens with zero attached hydrogens (tertiary/aromatic N) is 2. The summed E-state index contributed by atoms with van der Waals surface area (Å²) in [6.07, 6.45) is 3.41. The highest BCUT2D eigenvalue weighted by molar-refractivity contribution is 5.98. The Morgan fingerprint density at radius 2 is 1.87 bits per heavy atom. The largest absolute Gasteiger partial charge is 0.419 e. The van der Waals surface area contributed by atoms with E-state index in [2.05, 4.69) is 4.98 Å². The molecule has 1 fully saturated rings. The zero-order valence-electron chi connectivity index (χ0n) is 16.7. The van der Waals surface area contributed by atoms with Gasteiger partial charge in [0, 0.05) is 30.8 Å². The lowest BCUT2D eigenvalue weighted by Crippen LogP contribution is -2.09. The minimum Gasteiger partial charge on any atom is -0.407 e. The van der Waals surface area contributed by atoms with Gasteiger partial charge >= 0.3 is 5.76 Å². The summed E-state index contributed by atoms with van der Waals surface area (Å²) in [4.78, 5) is 28.9. The molecule has 2 aromatic carbocycles. The molecule has 0 saturated heterocycles. The Morgan fingerprint density at radius 3 is 2.52 bits per heavy atom. The van der Waals surface area contributed by atoms with Crippen LogP contribution in [0.25, 0.3) is 22.4 Å². The van der Waals surface area contributed by atoms with Crippen LogP contribution in [0.5, 0.6) is 0 Å². The Labute approximate surface area is 176 Å². The standard InChI is InChI=1S/C24H18F2N2O3/c1-28-19-10-8-15(21(14-6-7-14)23(19)31-24(28)30)18-9-5-13(12-27-18)11-20(29)22-16(25)3-2-4-17(22)26/h2-5,8-10,12,14H,6-7,11H2,1H3. The van der Waals surface area contributed by atoms with Gasteiger partial charge in [0.05, 0.1) is 16.8 Å². The van der Waals surface area contributed by atoms with Gasteiger partial charge in [-0.2, -0.15) is 0 Å². The van der Waals surface area contributed by atoms with Crippen LogP contribution in [0.15, 0.2) is 57.9 Å². The number of pyridine rings is 1. The molecule has 0 atom stereocenters. The van der Waals surface area contributed by atoms with E-state index in [0.29, 0.717) is 22.8 Å². The van der Waals surface area contributed by atoms with Crippen LogP contribution in [0.1, 0.15) is 40.2 Å². The molecule has 2 heterocycles. The van der Waals surface area contributed by atoms with Gasteiger partial charge in [-0.3, -0.25) is 14.3 Å². The summed E-state index contributed by atoms with van der Waals surface area (Å²) in [5.41, 5.74) is 3.88. The van der Waals surface area contributed by atoms with Gasteiger partial charge in [-0.15, -0.1) is 0 Å². The van der Waals surface area contributed by atoms with Crippen LogP contribution in [-0.2, 0) is 13.5 Å². The number of aromatic nitrogens is 2. The quantitative estimate of drug-likeness (QED) is 0.436. The van der Waals surface area contributed by atoms with Crippen molar-refractivity contribution >= 4 is 16.9 Å². The highest BCUT2D eigenvalue weighted by Crippen LogP contribution is 2.47. The number of hydrogen-bond donors (Lipinski definition) is 0. The molecule has 2 aromatic heterocycles. The lowest BCUT2D eigenvalue weighted by atomic mass is 9.98. The van der Waals surface area contributed by atoms with E-state index >= 15 is 0 Å². The molecule has 1 saturated carbocycles. The monoisotopic (exact) mass is 420 g/mol. The molecule has 31 heavy (non-hydrogen) atoms. The third-order valence-corrected chi connectivity index (χ3v) is 5.69. The average molecular weight is 420 g/mol. The maximum Gasteiger partial charge on any atom is 0.419 e. The molecule has 1 aliphatic rings. The number of carbonyl (C=O) groups excluding carboxylic acids is 1. The highest BCUT2D eigenvalue weighted by atomic mass is 19.1. The van der Waals surface area contributed by atoms with Crippen molar-refractivity contribution in [2.45, 2.75) is 25.2 Å². The first-order valence-electron chi connectivity index (χ1n) is 9.99. The molecule has 0 bridgehead atoms. The Hall–Kier alpha value is -3.61. The number of ketones is 1. The molecule has 7 heteroatoms. The summed E-state index contributed by atoms with van der Waals surface area (Å²) in [5, 5.41) is 0. The van der Waals surface area contributed by atoms with Crippen molar-refractivity contribution in [2.24, 2.45) is 7.05 Å². The molecule has 5 nitrogen and oxygen atoms in total. The summed E-state index contributed by atoms with van der Waals surface area (Å²) in [5.74, 6) is -2.48. The predicted molar refractivity (Wildman–Crippen MR) is 111 cm³/mol. The van der Waals surface area contributed by atoms with Gasteiger partial charge in [0.2, 0.25) is 0 Å². The topological polar surface area (TPSA) is 65.1 Å². The van der Waals surface area contributed by atoms with Crippen molar-refractivity contribution in [3.8, 4) is 11.3 Å². The van der Waals surface area contributed by atoms with Crippen LogP contribution in [0, 0.1) is 11.6 Å². The Bertz CT molecular complexity index is 1360. The lowest BCUT2D eigenvalue weighted by Gasteiger charge is -2.10. The minimum atomic E-state index is -0.874. The van der Waals surface area contributed by atoms with Gasteiger partial charge in [0.25, 0.3) is 0 Å². The van der Waals surface area contributed by atoms with Gasteiger partial charge < -0.3 is 4.42 Å². The van der Waals surface area contributed by atoms with Crippen molar-refractivity contribution in [1.82, 2.24) is 9.55 Å². The minimum absolute atomic E-state index is 0.160. The van der Waals surface area contributed by atoms with Gasteiger partial charge in [0.1, 0.15) is 11.6 Å².